The molecule has 0 spiro atoms. The summed E-state index contributed by atoms with van der Waals surface area (Å²) in [6, 6.07) is 10.8. The van der Waals surface area contributed by atoms with E-state index in [1.54, 1.807) is 43.3 Å². The van der Waals surface area contributed by atoms with Gasteiger partial charge in [0, 0.05) is 23.3 Å². The van der Waals surface area contributed by atoms with Crippen LogP contribution in [0.2, 0.25) is 5.02 Å². The molecule has 144 valence electrons. The van der Waals surface area contributed by atoms with Gasteiger partial charge in [0.25, 0.3) is 0 Å². The van der Waals surface area contributed by atoms with Crippen molar-refractivity contribution in [1.29, 1.82) is 0 Å². The number of ether oxygens (including phenoxy) is 1. The Kier molecular flexibility index (Phi) is 5.74. The quantitative estimate of drug-likeness (QED) is 0.822. The number of carbonyl (C=O) groups excluding carboxylic acids is 1. The van der Waals surface area contributed by atoms with Gasteiger partial charge in [-0.05, 0) is 55.7 Å². The van der Waals surface area contributed by atoms with Crippen LogP contribution >= 0.6 is 11.6 Å². The summed E-state index contributed by atoms with van der Waals surface area (Å²) in [6.07, 6.45) is 1.10. The second-order valence-electron chi connectivity index (χ2n) is 6.40. The maximum absolute atomic E-state index is 13.2. The van der Waals surface area contributed by atoms with Gasteiger partial charge in [-0.1, -0.05) is 17.7 Å². The summed E-state index contributed by atoms with van der Waals surface area (Å²) in [5, 5.41) is 3.34. The zero-order chi connectivity index (χ0) is 19.6. The van der Waals surface area contributed by atoms with Gasteiger partial charge in [-0.25, -0.2) is 8.42 Å². The fourth-order valence-corrected chi connectivity index (χ4v) is 5.18. The molecule has 1 atom stereocenters. The third-order valence-corrected chi connectivity index (χ3v) is 6.90. The van der Waals surface area contributed by atoms with Crippen LogP contribution in [0.25, 0.3) is 0 Å². The molecule has 1 saturated heterocycles. The Labute approximate surface area is 164 Å². The van der Waals surface area contributed by atoms with Crippen LogP contribution < -0.4 is 10.1 Å². The molecule has 1 aliphatic heterocycles. The Morgan fingerprint density at radius 3 is 2.59 bits per heavy atom. The minimum absolute atomic E-state index is 0.160. The largest absolute Gasteiger partial charge is 0.497 e. The molecule has 1 unspecified atom stereocenters. The van der Waals surface area contributed by atoms with Crippen LogP contribution in [-0.2, 0) is 14.8 Å². The number of rotatable bonds is 5. The first-order valence-corrected chi connectivity index (χ1v) is 10.4. The average molecular weight is 409 g/mol. The van der Waals surface area contributed by atoms with E-state index < -0.39 is 16.1 Å². The van der Waals surface area contributed by atoms with Crippen molar-refractivity contribution in [3.05, 3.63) is 53.1 Å². The van der Waals surface area contributed by atoms with E-state index in [2.05, 4.69) is 5.32 Å². The van der Waals surface area contributed by atoms with Gasteiger partial charge in [-0.15, -0.1) is 0 Å². The fourth-order valence-electron chi connectivity index (χ4n) is 3.16. The van der Waals surface area contributed by atoms with Crippen LogP contribution in [0.3, 0.4) is 0 Å². The molecule has 3 rings (SSSR count). The minimum Gasteiger partial charge on any atom is -0.497 e. The molecule has 8 heteroatoms. The SMILES string of the molecule is COc1ccc(C)c(S(=O)(=O)N2CCCC2C(=O)Nc2ccc(Cl)cc2)c1. The number of sulfonamides is 1. The van der Waals surface area contributed by atoms with E-state index in [1.807, 2.05) is 0 Å². The van der Waals surface area contributed by atoms with E-state index in [4.69, 9.17) is 16.3 Å². The van der Waals surface area contributed by atoms with E-state index in [0.29, 0.717) is 41.4 Å². The highest BCUT2D eigenvalue weighted by molar-refractivity contribution is 7.89. The Hall–Kier alpha value is -2.09. The van der Waals surface area contributed by atoms with Crippen LogP contribution in [0.1, 0.15) is 18.4 Å². The number of hydrogen-bond acceptors (Lipinski definition) is 4. The van der Waals surface area contributed by atoms with E-state index in [-0.39, 0.29) is 10.8 Å². The number of nitrogens with one attached hydrogen (secondary N) is 1. The molecule has 1 fully saturated rings. The molecule has 27 heavy (non-hydrogen) atoms. The lowest BCUT2D eigenvalue weighted by Crippen LogP contribution is -2.43. The number of carbonyl (C=O) groups is 1. The molecule has 1 amide bonds. The Morgan fingerprint density at radius 2 is 1.93 bits per heavy atom. The monoisotopic (exact) mass is 408 g/mol. The maximum Gasteiger partial charge on any atom is 0.244 e. The van der Waals surface area contributed by atoms with Crippen molar-refractivity contribution in [1.82, 2.24) is 4.31 Å². The predicted molar refractivity (Wildman–Crippen MR) is 105 cm³/mol. The second-order valence-corrected chi connectivity index (χ2v) is 8.70. The van der Waals surface area contributed by atoms with E-state index in [9.17, 15) is 13.2 Å². The molecule has 6 nitrogen and oxygen atoms in total. The number of aryl methyl sites for hydroxylation is 1. The smallest absolute Gasteiger partial charge is 0.244 e. The molecule has 2 aromatic rings. The van der Waals surface area contributed by atoms with Crippen molar-refractivity contribution in [2.75, 3.05) is 19.0 Å². The van der Waals surface area contributed by atoms with Crippen molar-refractivity contribution >= 4 is 33.2 Å². The molecule has 1 heterocycles. The molecular weight excluding hydrogens is 388 g/mol. The maximum atomic E-state index is 13.2. The average Bonchev–Trinajstić information content (AvgIpc) is 3.15. The number of halogens is 1. The normalized spacial score (nSPS) is 17.7. The highest BCUT2D eigenvalue weighted by Crippen LogP contribution is 2.30. The van der Waals surface area contributed by atoms with Crippen molar-refractivity contribution < 1.29 is 17.9 Å². The van der Waals surface area contributed by atoms with E-state index in [0.717, 1.165) is 0 Å². The van der Waals surface area contributed by atoms with E-state index >= 15 is 0 Å². The summed E-state index contributed by atoms with van der Waals surface area (Å²) in [6.45, 7) is 2.03. The lowest BCUT2D eigenvalue weighted by atomic mass is 10.2. The molecule has 1 aliphatic rings. The number of benzene rings is 2. The summed E-state index contributed by atoms with van der Waals surface area (Å²) in [5.74, 6) is 0.111. The first-order chi connectivity index (χ1) is 12.8. The topological polar surface area (TPSA) is 75.7 Å². The standard InChI is InChI=1S/C19H21ClN2O4S/c1-13-5-10-16(26-2)12-18(13)27(24,25)22-11-3-4-17(22)19(23)21-15-8-6-14(20)7-9-15/h5-10,12,17H,3-4,11H2,1-2H3,(H,21,23). The lowest BCUT2D eigenvalue weighted by Gasteiger charge is -2.24. The first kappa shape index (κ1) is 19.7. The van der Waals surface area contributed by atoms with Gasteiger partial charge in [0.1, 0.15) is 11.8 Å². The minimum atomic E-state index is -3.82. The number of amides is 1. The third kappa shape index (κ3) is 4.10. The summed E-state index contributed by atoms with van der Waals surface area (Å²) >= 11 is 5.86. The third-order valence-electron chi connectivity index (χ3n) is 4.60. The summed E-state index contributed by atoms with van der Waals surface area (Å²) in [4.78, 5) is 12.9. The van der Waals surface area contributed by atoms with Crippen molar-refractivity contribution in [3.8, 4) is 5.75 Å². The second kappa shape index (κ2) is 7.88. The molecule has 2 aromatic carbocycles. The van der Waals surface area contributed by atoms with Gasteiger partial charge in [-0.2, -0.15) is 4.31 Å². The lowest BCUT2D eigenvalue weighted by molar-refractivity contribution is -0.119. The zero-order valence-electron chi connectivity index (χ0n) is 15.1. The predicted octanol–water partition coefficient (Wildman–Crippen LogP) is 3.45. The molecule has 0 saturated carbocycles. The molecule has 0 radical (unpaired) electrons. The van der Waals surface area contributed by atoms with Crippen LogP contribution in [0.15, 0.2) is 47.4 Å². The summed E-state index contributed by atoms with van der Waals surface area (Å²) < 4.78 is 32.9. The van der Waals surface area contributed by atoms with Crippen LogP contribution in [0.4, 0.5) is 5.69 Å². The van der Waals surface area contributed by atoms with Gasteiger partial charge in [-0.3, -0.25) is 4.79 Å². The zero-order valence-corrected chi connectivity index (χ0v) is 16.7. The van der Waals surface area contributed by atoms with Crippen molar-refractivity contribution in [3.63, 3.8) is 0 Å². The highest BCUT2D eigenvalue weighted by Gasteiger charge is 2.40. The summed E-state index contributed by atoms with van der Waals surface area (Å²) in [5.41, 5.74) is 1.19. The van der Waals surface area contributed by atoms with Gasteiger partial charge in [0.05, 0.1) is 12.0 Å². The Bertz CT molecular complexity index is 945. The summed E-state index contributed by atoms with van der Waals surface area (Å²) in [7, 11) is -2.34. The number of nitrogens with zero attached hydrogens (tertiary/aromatic N) is 1. The highest BCUT2D eigenvalue weighted by atomic mass is 35.5. The van der Waals surface area contributed by atoms with Crippen molar-refractivity contribution in [2.45, 2.75) is 30.7 Å². The molecule has 0 aromatic heterocycles. The number of hydrogen-bond donors (Lipinski definition) is 1. The molecule has 0 aliphatic carbocycles. The molecule has 0 bridgehead atoms. The first-order valence-electron chi connectivity index (χ1n) is 8.56. The van der Waals surface area contributed by atoms with Gasteiger partial charge >= 0.3 is 0 Å². The van der Waals surface area contributed by atoms with Gasteiger partial charge < -0.3 is 10.1 Å². The fraction of sp³-hybridized carbons (Fsp3) is 0.316. The van der Waals surface area contributed by atoms with Gasteiger partial charge in [0.15, 0.2) is 0 Å². The van der Waals surface area contributed by atoms with E-state index in [1.165, 1.54) is 17.5 Å². The molecule has 1 N–H and O–H groups in total. The van der Waals surface area contributed by atoms with Crippen LogP contribution in [-0.4, -0.2) is 38.3 Å². The number of anilines is 1. The van der Waals surface area contributed by atoms with Crippen molar-refractivity contribution in [2.24, 2.45) is 0 Å². The van der Waals surface area contributed by atoms with Gasteiger partial charge in [0.2, 0.25) is 15.9 Å². The number of methoxy groups -OCH3 is 1. The van der Waals surface area contributed by atoms with Crippen LogP contribution in [0.5, 0.6) is 5.75 Å². The Balaban J connectivity index is 1.86. The Morgan fingerprint density at radius 1 is 1.22 bits per heavy atom. The van der Waals surface area contributed by atoms with Crippen LogP contribution in [0, 0.1) is 6.92 Å². The molecular formula is C19H21ClN2O4S.